The van der Waals surface area contributed by atoms with Gasteiger partial charge in [-0.05, 0) is 18.6 Å². The van der Waals surface area contributed by atoms with E-state index in [0.29, 0.717) is 5.56 Å². The van der Waals surface area contributed by atoms with E-state index in [9.17, 15) is 5.11 Å². The number of benzene rings is 1. The highest BCUT2D eigenvalue weighted by Gasteiger charge is 2.15. The van der Waals surface area contributed by atoms with Crippen LogP contribution in [0.4, 0.5) is 0 Å². The van der Waals surface area contributed by atoms with Gasteiger partial charge in [0, 0.05) is 10.0 Å². The van der Waals surface area contributed by atoms with Gasteiger partial charge in [0.1, 0.15) is 5.75 Å². The van der Waals surface area contributed by atoms with E-state index in [1.54, 1.807) is 19.1 Å². The first-order valence-corrected chi connectivity index (χ1v) is 4.71. The number of rotatable bonds is 2. The number of phenolic OH excluding ortho intramolecular Hbond substituents is 1. The van der Waals surface area contributed by atoms with Crippen LogP contribution in [0.2, 0.25) is 0 Å². The molecule has 0 saturated heterocycles. The third kappa shape index (κ3) is 2.02. The number of aromatic hydroxyl groups is 1. The molecule has 0 saturated carbocycles. The highest BCUT2D eigenvalue weighted by atomic mass is 79.9. The van der Waals surface area contributed by atoms with E-state index in [0.717, 1.165) is 10.0 Å². The molecule has 0 fully saturated rings. The Labute approximate surface area is 85.3 Å². The smallest absolute Gasteiger partial charge is 0.124 e. The maximum atomic E-state index is 9.66. The summed E-state index contributed by atoms with van der Waals surface area (Å²) in [5.41, 5.74) is 6.93. The molecule has 0 aliphatic carbocycles. The summed E-state index contributed by atoms with van der Waals surface area (Å²) in [6.45, 7) is 1.60. The molecule has 4 N–H and O–H groups in total. The van der Waals surface area contributed by atoms with Gasteiger partial charge in [-0.25, -0.2) is 0 Å². The van der Waals surface area contributed by atoms with Crippen molar-refractivity contribution in [3.05, 3.63) is 27.7 Å². The summed E-state index contributed by atoms with van der Waals surface area (Å²) in [6.07, 6.45) is 0. The van der Waals surface area contributed by atoms with E-state index in [-0.39, 0.29) is 12.4 Å². The minimum Gasteiger partial charge on any atom is -0.507 e. The fourth-order valence-corrected chi connectivity index (χ4v) is 1.75. The predicted octanol–water partition coefficient (Wildman–Crippen LogP) is 1.46. The van der Waals surface area contributed by atoms with E-state index in [4.69, 9.17) is 10.8 Å². The Bertz CT molecular complexity index is 315. The molecular formula is C9H12BrNO2. The molecule has 0 amide bonds. The zero-order chi connectivity index (χ0) is 10.0. The highest BCUT2D eigenvalue weighted by Crippen LogP contribution is 2.32. The second-order valence-electron chi connectivity index (χ2n) is 2.92. The molecule has 1 unspecified atom stereocenters. The zero-order valence-corrected chi connectivity index (χ0v) is 8.87. The van der Waals surface area contributed by atoms with Crippen molar-refractivity contribution >= 4 is 15.9 Å². The van der Waals surface area contributed by atoms with Gasteiger partial charge in [-0.15, -0.1) is 0 Å². The molecule has 13 heavy (non-hydrogen) atoms. The minimum atomic E-state index is -0.547. The lowest BCUT2D eigenvalue weighted by Crippen LogP contribution is -2.15. The Morgan fingerprint density at radius 1 is 1.54 bits per heavy atom. The van der Waals surface area contributed by atoms with Gasteiger partial charge in [0.2, 0.25) is 0 Å². The van der Waals surface area contributed by atoms with Crippen LogP contribution in [0.15, 0.2) is 16.6 Å². The quantitative estimate of drug-likeness (QED) is 0.739. The lowest BCUT2D eigenvalue weighted by molar-refractivity contribution is 0.265. The van der Waals surface area contributed by atoms with E-state index in [2.05, 4.69) is 15.9 Å². The minimum absolute atomic E-state index is 0.149. The first kappa shape index (κ1) is 10.5. The van der Waals surface area contributed by atoms with Gasteiger partial charge in [0.15, 0.2) is 0 Å². The SMILES string of the molecule is Cc1ccc(Br)c(C(N)CO)c1O. The van der Waals surface area contributed by atoms with E-state index < -0.39 is 6.04 Å². The predicted molar refractivity (Wildman–Crippen MR) is 54.6 cm³/mol. The second kappa shape index (κ2) is 4.09. The second-order valence-corrected chi connectivity index (χ2v) is 3.77. The van der Waals surface area contributed by atoms with E-state index in [1.165, 1.54) is 0 Å². The first-order valence-electron chi connectivity index (χ1n) is 3.92. The van der Waals surface area contributed by atoms with Crippen molar-refractivity contribution in [3.63, 3.8) is 0 Å². The summed E-state index contributed by atoms with van der Waals surface area (Å²) < 4.78 is 0.720. The molecule has 0 aliphatic heterocycles. The highest BCUT2D eigenvalue weighted by molar-refractivity contribution is 9.10. The number of nitrogens with two attached hydrogens (primary N) is 1. The van der Waals surface area contributed by atoms with Gasteiger partial charge in [0.25, 0.3) is 0 Å². The van der Waals surface area contributed by atoms with Crippen molar-refractivity contribution in [1.82, 2.24) is 0 Å². The third-order valence-electron chi connectivity index (χ3n) is 1.93. The number of halogens is 1. The number of aliphatic hydroxyl groups is 1. The number of aliphatic hydroxyl groups excluding tert-OH is 1. The zero-order valence-electron chi connectivity index (χ0n) is 7.29. The standard InChI is InChI=1S/C9H12BrNO2/c1-5-2-3-6(10)8(9(5)13)7(11)4-12/h2-3,7,12-13H,4,11H2,1H3. The Morgan fingerprint density at radius 3 is 2.69 bits per heavy atom. The largest absolute Gasteiger partial charge is 0.507 e. The van der Waals surface area contributed by atoms with Crippen LogP contribution in [0.5, 0.6) is 5.75 Å². The Hall–Kier alpha value is -0.580. The number of hydrogen-bond donors (Lipinski definition) is 3. The summed E-state index contributed by atoms with van der Waals surface area (Å²) >= 11 is 3.27. The van der Waals surface area contributed by atoms with Crippen LogP contribution in [0.25, 0.3) is 0 Å². The van der Waals surface area contributed by atoms with Crippen LogP contribution < -0.4 is 5.73 Å². The van der Waals surface area contributed by atoms with Gasteiger partial charge in [-0.2, -0.15) is 0 Å². The maximum Gasteiger partial charge on any atom is 0.124 e. The first-order chi connectivity index (χ1) is 6.07. The summed E-state index contributed by atoms with van der Waals surface area (Å²) in [6, 6.07) is 3.04. The van der Waals surface area contributed by atoms with Gasteiger partial charge < -0.3 is 15.9 Å². The van der Waals surface area contributed by atoms with Crippen molar-refractivity contribution in [2.24, 2.45) is 5.73 Å². The summed E-state index contributed by atoms with van der Waals surface area (Å²) in [4.78, 5) is 0. The van der Waals surface area contributed by atoms with Crippen LogP contribution in [-0.2, 0) is 0 Å². The van der Waals surface area contributed by atoms with Gasteiger partial charge in [0.05, 0.1) is 12.6 Å². The van der Waals surface area contributed by atoms with Crippen LogP contribution in [-0.4, -0.2) is 16.8 Å². The van der Waals surface area contributed by atoms with Crippen LogP contribution >= 0.6 is 15.9 Å². The van der Waals surface area contributed by atoms with Crippen molar-refractivity contribution in [2.45, 2.75) is 13.0 Å². The molecule has 0 bridgehead atoms. The Morgan fingerprint density at radius 2 is 2.15 bits per heavy atom. The molecule has 1 atom stereocenters. The number of hydrogen-bond acceptors (Lipinski definition) is 3. The molecule has 4 heteroatoms. The van der Waals surface area contributed by atoms with Crippen LogP contribution in [0, 0.1) is 6.92 Å². The van der Waals surface area contributed by atoms with Crippen molar-refractivity contribution in [3.8, 4) is 5.75 Å². The third-order valence-corrected chi connectivity index (χ3v) is 2.62. The molecule has 1 aromatic carbocycles. The molecule has 0 aromatic heterocycles. The molecule has 3 nitrogen and oxygen atoms in total. The van der Waals surface area contributed by atoms with Gasteiger partial charge in [-0.1, -0.05) is 22.0 Å². The van der Waals surface area contributed by atoms with Crippen LogP contribution in [0.1, 0.15) is 17.2 Å². The molecule has 0 heterocycles. The lowest BCUT2D eigenvalue weighted by atomic mass is 10.0. The fraction of sp³-hybridized carbons (Fsp3) is 0.333. The molecule has 0 aliphatic rings. The summed E-state index contributed by atoms with van der Waals surface area (Å²) in [5.74, 6) is 0.149. The van der Waals surface area contributed by atoms with Crippen molar-refractivity contribution in [1.29, 1.82) is 0 Å². The van der Waals surface area contributed by atoms with E-state index in [1.807, 2.05) is 0 Å². The molecule has 0 spiro atoms. The molecule has 1 aromatic rings. The van der Waals surface area contributed by atoms with Gasteiger partial charge >= 0.3 is 0 Å². The normalized spacial score (nSPS) is 12.9. The Balaban J connectivity index is 3.25. The number of aryl methyl sites for hydroxylation is 1. The summed E-state index contributed by atoms with van der Waals surface area (Å²) in [5, 5.41) is 18.5. The van der Waals surface area contributed by atoms with Crippen molar-refractivity contribution < 1.29 is 10.2 Å². The number of phenols is 1. The average Bonchev–Trinajstić information content (AvgIpc) is 2.12. The van der Waals surface area contributed by atoms with E-state index >= 15 is 0 Å². The fourth-order valence-electron chi connectivity index (χ4n) is 1.14. The molecular weight excluding hydrogens is 234 g/mol. The Kier molecular flexibility index (Phi) is 3.30. The van der Waals surface area contributed by atoms with Crippen LogP contribution in [0.3, 0.4) is 0 Å². The lowest BCUT2D eigenvalue weighted by Gasteiger charge is -2.14. The van der Waals surface area contributed by atoms with Gasteiger partial charge in [-0.3, -0.25) is 0 Å². The molecule has 72 valence electrons. The summed E-state index contributed by atoms with van der Waals surface area (Å²) in [7, 11) is 0. The maximum absolute atomic E-state index is 9.66. The molecule has 1 rings (SSSR count). The topological polar surface area (TPSA) is 66.5 Å². The van der Waals surface area contributed by atoms with Crippen molar-refractivity contribution in [2.75, 3.05) is 6.61 Å². The average molecular weight is 246 g/mol. The molecule has 0 radical (unpaired) electrons. The monoisotopic (exact) mass is 245 g/mol.